The summed E-state index contributed by atoms with van der Waals surface area (Å²) in [7, 11) is 2.07. The molecule has 0 aliphatic carbocycles. The second-order valence-corrected chi connectivity index (χ2v) is 6.78. The van der Waals surface area contributed by atoms with Crippen molar-refractivity contribution in [3.05, 3.63) is 65.2 Å². The van der Waals surface area contributed by atoms with Gasteiger partial charge in [-0.25, -0.2) is 0 Å². The molecule has 1 atom stereocenters. The number of halogens is 1. The van der Waals surface area contributed by atoms with Gasteiger partial charge in [-0.2, -0.15) is 0 Å². The lowest BCUT2D eigenvalue weighted by Crippen LogP contribution is -2.36. The van der Waals surface area contributed by atoms with Gasteiger partial charge in [-0.1, -0.05) is 42.5 Å². The van der Waals surface area contributed by atoms with E-state index in [0.29, 0.717) is 0 Å². The van der Waals surface area contributed by atoms with Crippen LogP contribution >= 0.6 is 35.7 Å². The molecule has 0 amide bonds. The fraction of sp³-hybridized carbons (Fsp3) is 0.316. The van der Waals surface area contributed by atoms with Crippen LogP contribution in [-0.2, 0) is 13.2 Å². The van der Waals surface area contributed by atoms with E-state index in [4.69, 9.17) is 5.11 Å². The number of thioether (sulfide) groups is 1. The van der Waals surface area contributed by atoms with Crippen LogP contribution in [0.5, 0.6) is 0 Å². The maximum absolute atomic E-state index is 9.14. The van der Waals surface area contributed by atoms with E-state index in [9.17, 15) is 0 Å². The molecule has 4 nitrogen and oxygen atoms in total. The third-order valence-corrected chi connectivity index (χ3v) is 5.09. The van der Waals surface area contributed by atoms with Gasteiger partial charge in [0.15, 0.2) is 5.96 Å². The minimum Gasteiger partial charge on any atom is -0.392 e. The highest BCUT2D eigenvalue weighted by Crippen LogP contribution is 2.23. The maximum atomic E-state index is 9.14. The Hall–Kier alpha value is -1.25. The zero-order valence-corrected chi connectivity index (χ0v) is 17.6. The Bertz CT molecular complexity index is 721. The van der Waals surface area contributed by atoms with Gasteiger partial charge < -0.3 is 15.3 Å². The molecule has 134 valence electrons. The quantitative estimate of drug-likeness (QED) is 0.519. The molecule has 0 radical (unpaired) electrons. The molecule has 0 aromatic heterocycles. The molecule has 0 bridgehead atoms. The topological polar surface area (TPSA) is 47.9 Å². The van der Waals surface area contributed by atoms with Crippen molar-refractivity contribution in [3.8, 4) is 0 Å². The van der Waals surface area contributed by atoms with Crippen LogP contribution in [0.15, 0.2) is 58.4 Å². The summed E-state index contributed by atoms with van der Waals surface area (Å²) in [6, 6.07) is 16.7. The molecule has 2 aromatic carbocycles. The van der Waals surface area contributed by atoms with Gasteiger partial charge in [0.25, 0.3) is 0 Å². The van der Waals surface area contributed by atoms with E-state index in [1.54, 1.807) is 11.8 Å². The van der Waals surface area contributed by atoms with Gasteiger partial charge in [0.05, 0.1) is 19.2 Å². The highest BCUT2D eigenvalue weighted by molar-refractivity contribution is 14.0. The van der Waals surface area contributed by atoms with Gasteiger partial charge in [-0.15, -0.1) is 35.7 Å². The molecule has 0 fully saturated rings. The minimum atomic E-state index is 0. The smallest absolute Gasteiger partial charge is 0.194 e. The fourth-order valence-corrected chi connectivity index (χ4v) is 3.47. The van der Waals surface area contributed by atoms with Crippen molar-refractivity contribution in [2.24, 2.45) is 4.99 Å². The molecule has 2 aromatic rings. The van der Waals surface area contributed by atoms with Crippen molar-refractivity contribution >= 4 is 41.7 Å². The van der Waals surface area contributed by atoms with Crippen LogP contribution < -0.4 is 5.32 Å². The molecule has 1 heterocycles. The van der Waals surface area contributed by atoms with Gasteiger partial charge in [0.2, 0.25) is 0 Å². The second kappa shape index (κ2) is 9.45. The predicted octanol–water partition coefficient (Wildman–Crippen LogP) is 3.65. The molecule has 0 saturated carbocycles. The van der Waals surface area contributed by atoms with E-state index >= 15 is 0 Å². The highest BCUT2D eigenvalue weighted by atomic mass is 127. The molecule has 3 rings (SSSR count). The summed E-state index contributed by atoms with van der Waals surface area (Å²) in [6.07, 6.45) is 2.11. The first-order valence-electron chi connectivity index (χ1n) is 8.05. The Morgan fingerprint density at radius 2 is 1.92 bits per heavy atom. The minimum absolute atomic E-state index is 0. The number of hydrogen-bond donors (Lipinski definition) is 2. The first-order valence-corrected chi connectivity index (χ1v) is 9.27. The number of hydrogen-bond acceptors (Lipinski definition) is 5. The van der Waals surface area contributed by atoms with Crippen LogP contribution in [0.2, 0.25) is 0 Å². The van der Waals surface area contributed by atoms with Gasteiger partial charge in [-0.3, -0.25) is 4.99 Å². The van der Waals surface area contributed by atoms with Gasteiger partial charge in [0.1, 0.15) is 0 Å². The number of nitrogens with one attached hydrogen (secondary N) is 1. The number of benzene rings is 2. The highest BCUT2D eigenvalue weighted by Gasteiger charge is 2.22. The van der Waals surface area contributed by atoms with Crippen LogP contribution in [-0.4, -0.2) is 35.8 Å². The number of aliphatic imine (C=N–C) groups is 1. The predicted molar refractivity (Wildman–Crippen MR) is 116 cm³/mol. The van der Waals surface area contributed by atoms with Crippen LogP contribution in [0.4, 0.5) is 0 Å². The third-order valence-electron chi connectivity index (χ3n) is 4.25. The lowest BCUT2D eigenvalue weighted by atomic mass is 10.1. The van der Waals surface area contributed by atoms with E-state index in [2.05, 4.69) is 64.9 Å². The molecule has 0 spiro atoms. The standard InChI is InChI=1S/C19H23N3OS.HI/c1-22(12-16-5-3-4-6-18(16)24-2)19-20-11-17(21-19)15-9-7-14(13-23)8-10-15;/h3-10,17,23H,11-13H2,1-2H3,(H,20,21);1H. The van der Waals surface area contributed by atoms with Crippen molar-refractivity contribution in [3.63, 3.8) is 0 Å². The van der Waals surface area contributed by atoms with E-state index in [-0.39, 0.29) is 36.6 Å². The first-order chi connectivity index (χ1) is 11.7. The number of rotatable bonds is 5. The number of aliphatic hydroxyl groups excluding tert-OH is 1. The average Bonchev–Trinajstić information content (AvgIpc) is 3.12. The molecule has 2 N–H and O–H groups in total. The summed E-state index contributed by atoms with van der Waals surface area (Å²) >= 11 is 1.77. The average molecular weight is 469 g/mol. The molecular formula is C19H24IN3OS. The van der Waals surface area contributed by atoms with Crippen molar-refractivity contribution < 1.29 is 5.11 Å². The van der Waals surface area contributed by atoms with Crippen molar-refractivity contribution in [2.75, 3.05) is 19.8 Å². The van der Waals surface area contributed by atoms with Gasteiger partial charge >= 0.3 is 0 Å². The molecular weight excluding hydrogens is 445 g/mol. The van der Waals surface area contributed by atoms with Crippen molar-refractivity contribution in [1.82, 2.24) is 10.2 Å². The Kier molecular flexibility index (Phi) is 7.58. The lowest BCUT2D eigenvalue weighted by molar-refractivity contribution is 0.282. The molecule has 6 heteroatoms. The molecule has 1 aliphatic rings. The zero-order chi connectivity index (χ0) is 16.9. The van der Waals surface area contributed by atoms with E-state index in [1.807, 2.05) is 12.1 Å². The SMILES string of the molecule is CSc1ccccc1CN(C)C1=NCC(c2ccc(CO)cc2)N1.I. The molecule has 0 saturated heterocycles. The van der Waals surface area contributed by atoms with Crippen LogP contribution in [0.25, 0.3) is 0 Å². The number of nitrogens with zero attached hydrogens (tertiary/aromatic N) is 2. The Labute approximate surface area is 170 Å². The van der Waals surface area contributed by atoms with Gasteiger partial charge in [0, 0.05) is 18.5 Å². The van der Waals surface area contributed by atoms with Crippen LogP contribution in [0, 0.1) is 0 Å². The summed E-state index contributed by atoms with van der Waals surface area (Å²) in [5.41, 5.74) is 3.44. The van der Waals surface area contributed by atoms with E-state index in [0.717, 1.165) is 24.6 Å². The largest absolute Gasteiger partial charge is 0.392 e. The van der Waals surface area contributed by atoms with Gasteiger partial charge in [-0.05, 0) is 29.0 Å². The Morgan fingerprint density at radius 3 is 2.60 bits per heavy atom. The number of guanidine groups is 1. The summed E-state index contributed by atoms with van der Waals surface area (Å²) in [6.45, 7) is 1.65. The lowest BCUT2D eigenvalue weighted by Gasteiger charge is -2.22. The van der Waals surface area contributed by atoms with Crippen molar-refractivity contribution in [1.29, 1.82) is 0 Å². The third kappa shape index (κ3) is 4.89. The fourth-order valence-electron chi connectivity index (χ4n) is 2.86. The summed E-state index contributed by atoms with van der Waals surface area (Å²) in [5.74, 6) is 0.933. The summed E-state index contributed by atoms with van der Waals surface area (Å²) in [5, 5.41) is 12.7. The Morgan fingerprint density at radius 1 is 1.20 bits per heavy atom. The van der Waals surface area contributed by atoms with Crippen molar-refractivity contribution in [2.45, 2.75) is 24.1 Å². The van der Waals surface area contributed by atoms with Crippen LogP contribution in [0.3, 0.4) is 0 Å². The molecule has 1 unspecified atom stereocenters. The second-order valence-electron chi connectivity index (χ2n) is 5.93. The summed E-state index contributed by atoms with van der Waals surface area (Å²) in [4.78, 5) is 8.13. The number of aliphatic hydroxyl groups is 1. The zero-order valence-electron chi connectivity index (χ0n) is 14.5. The summed E-state index contributed by atoms with van der Waals surface area (Å²) < 4.78 is 0. The van der Waals surface area contributed by atoms with Crippen LogP contribution in [0.1, 0.15) is 22.7 Å². The molecule has 1 aliphatic heterocycles. The normalized spacial score (nSPS) is 16.0. The molecule has 25 heavy (non-hydrogen) atoms. The Balaban J connectivity index is 0.00000225. The van der Waals surface area contributed by atoms with E-state index < -0.39 is 0 Å². The van der Waals surface area contributed by atoms with E-state index in [1.165, 1.54) is 16.0 Å². The monoisotopic (exact) mass is 469 g/mol. The first kappa shape index (κ1) is 20.1. The maximum Gasteiger partial charge on any atom is 0.194 e.